The second kappa shape index (κ2) is 18.7. The standard InChI is InChI=1S/C43H65N5O10/c1-12-33-43(8)37(48(41(53)58-43)19-14-13-18-47-23-31(45-24-47)30-16-15-17-44-22-30)27(4)34(49)25(2)21-42(7,54-11)38(28(5)35(50)29(6)39(52)56-33)57-40-36(51)32(46(9)10)20-26(3)55-40/h15-17,22-29,32-33,36-38,40,51H,12-14,18-21H2,1-11H3/t25-,26-,27+,28+,29-,32-,33-,36-,37-,38+,40+,42-,43-/m1/s1. The quantitative estimate of drug-likeness (QED) is 0.184. The molecular formula is C43H65N5O10. The largest absolute Gasteiger partial charge is 0.458 e. The number of imidazole rings is 1. The molecule has 3 aliphatic heterocycles. The molecule has 58 heavy (non-hydrogen) atoms. The molecule has 0 radical (unpaired) electrons. The third-order valence-corrected chi connectivity index (χ3v) is 12.8. The first-order chi connectivity index (χ1) is 27.4. The van der Waals surface area contributed by atoms with E-state index in [1.54, 1.807) is 51.3 Å². The number of methoxy groups -OCH3 is 1. The summed E-state index contributed by atoms with van der Waals surface area (Å²) in [6, 6.07) is 2.74. The zero-order valence-corrected chi connectivity index (χ0v) is 36.1. The summed E-state index contributed by atoms with van der Waals surface area (Å²) in [5.41, 5.74) is -0.938. The van der Waals surface area contributed by atoms with E-state index >= 15 is 0 Å². The van der Waals surface area contributed by atoms with Crippen LogP contribution in [-0.4, -0.2) is 135 Å². The second-order valence-electron chi connectivity index (χ2n) is 17.3. The molecule has 0 spiro atoms. The van der Waals surface area contributed by atoms with Crippen LogP contribution in [0.25, 0.3) is 11.3 Å². The lowest BCUT2D eigenvalue weighted by molar-refractivity contribution is -0.295. The predicted molar refractivity (Wildman–Crippen MR) is 214 cm³/mol. The molecule has 3 fully saturated rings. The molecule has 3 aliphatic rings. The van der Waals surface area contributed by atoms with E-state index in [9.17, 15) is 24.3 Å². The number of fused-ring (bicyclic) bond motifs is 1. The number of esters is 1. The number of pyridine rings is 1. The van der Waals surface area contributed by atoms with Gasteiger partial charge in [-0.1, -0.05) is 27.7 Å². The van der Waals surface area contributed by atoms with Crippen molar-refractivity contribution >= 4 is 23.6 Å². The van der Waals surface area contributed by atoms with Gasteiger partial charge in [0, 0.05) is 68.1 Å². The lowest BCUT2D eigenvalue weighted by atomic mass is 9.73. The number of amides is 1. The second-order valence-corrected chi connectivity index (χ2v) is 17.3. The third-order valence-electron chi connectivity index (χ3n) is 12.8. The molecule has 2 aromatic heterocycles. The molecule has 1 N–H and O–H groups in total. The summed E-state index contributed by atoms with van der Waals surface area (Å²) in [6.45, 7) is 14.9. The van der Waals surface area contributed by atoms with Crippen molar-refractivity contribution < 1.29 is 48.0 Å². The summed E-state index contributed by atoms with van der Waals surface area (Å²) in [4.78, 5) is 69.0. The number of aliphatic hydroxyl groups is 1. The van der Waals surface area contributed by atoms with E-state index in [4.69, 9.17) is 23.7 Å². The molecule has 322 valence electrons. The van der Waals surface area contributed by atoms with Crippen LogP contribution >= 0.6 is 0 Å². The summed E-state index contributed by atoms with van der Waals surface area (Å²) in [5.74, 6) is -4.95. The van der Waals surface area contributed by atoms with E-state index in [1.807, 2.05) is 62.7 Å². The predicted octanol–water partition coefficient (Wildman–Crippen LogP) is 4.93. The number of aromatic nitrogens is 3. The summed E-state index contributed by atoms with van der Waals surface area (Å²) in [6.07, 6.45) is 4.45. The molecule has 0 saturated carbocycles. The maximum Gasteiger partial charge on any atom is 0.410 e. The molecule has 0 unspecified atom stereocenters. The van der Waals surface area contributed by atoms with Crippen LogP contribution in [0.2, 0.25) is 0 Å². The SMILES string of the molecule is CC[C@H]1OC(=O)[C@H](C)C(=O)[C@H](C)[C@H](O[C@@H]2O[C@H](C)C[C@@H](N(C)C)[C@H]2O)[C@](C)(OC)C[C@@H](C)C(=O)[C@H](C)[C@H]2N(CCCCn3cnc(-c4cccnc4)c3)C(=O)O[C@]12C. The number of likely N-dealkylation sites (N-methyl/N-ethyl adjacent to an activating group) is 1. The zero-order chi connectivity index (χ0) is 42.7. The van der Waals surface area contributed by atoms with Gasteiger partial charge in [0.15, 0.2) is 17.7 Å². The van der Waals surface area contributed by atoms with Crippen molar-refractivity contribution in [2.45, 2.75) is 148 Å². The van der Waals surface area contributed by atoms with Crippen molar-refractivity contribution in [3.8, 4) is 11.3 Å². The zero-order valence-electron chi connectivity index (χ0n) is 36.1. The smallest absolute Gasteiger partial charge is 0.410 e. The Morgan fingerprint density at radius 2 is 1.72 bits per heavy atom. The number of aliphatic hydroxyl groups excluding tert-OH is 1. The Hall–Kier alpha value is -3.76. The van der Waals surface area contributed by atoms with Gasteiger partial charge in [-0.05, 0) is 86.0 Å². The molecular weight excluding hydrogens is 746 g/mol. The monoisotopic (exact) mass is 811 g/mol. The highest BCUT2D eigenvalue weighted by Crippen LogP contribution is 2.43. The number of unbranched alkanes of at least 4 members (excludes halogenated alkanes) is 1. The molecule has 5 heterocycles. The molecule has 13 atom stereocenters. The maximum absolute atomic E-state index is 14.7. The lowest BCUT2D eigenvalue weighted by Gasteiger charge is -2.47. The summed E-state index contributed by atoms with van der Waals surface area (Å²) in [7, 11) is 5.24. The molecule has 1 amide bonds. The molecule has 2 aromatic rings. The van der Waals surface area contributed by atoms with Crippen molar-refractivity contribution in [2.75, 3.05) is 27.7 Å². The number of aryl methyl sites for hydroxylation is 1. The minimum atomic E-state index is -1.40. The fraction of sp³-hybridized carbons (Fsp3) is 0.721. The number of ether oxygens (including phenoxy) is 5. The van der Waals surface area contributed by atoms with Crippen LogP contribution in [0.4, 0.5) is 4.79 Å². The van der Waals surface area contributed by atoms with Crippen molar-refractivity contribution in [3.63, 3.8) is 0 Å². The van der Waals surface area contributed by atoms with Gasteiger partial charge in [0.05, 0.1) is 35.9 Å². The van der Waals surface area contributed by atoms with Crippen molar-refractivity contribution in [3.05, 3.63) is 37.1 Å². The number of Topliss-reactive ketones (excluding diaryl/α,β-unsaturated/α-hetero) is 2. The van der Waals surface area contributed by atoms with Crippen LogP contribution < -0.4 is 0 Å². The van der Waals surface area contributed by atoms with E-state index in [-0.39, 0.29) is 30.8 Å². The highest BCUT2D eigenvalue weighted by atomic mass is 16.7. The summed E-state index contributed by atoms with van der Waals surface area (Å²) < 4.78 is 33.2. The first-order valence-corrected chi connectivity index (χ1v) is 20.8. The van der Waals surface area contributed by atoms with E-state index in [0.717, 1.165) is 11.3 Å². The normalized spacial score (nSPS) is 36.7. The lowest BCUT2D eigenvalue weighted by Crippen LogP contribution is -2.60. The Labute approximate surface area is 343 Å². The van der Waals surface area contributed by atoms with Gasteiger partial charge in [-0.15, -0.1) is 0 Å². The maximum atomic E-state index is 14.7. The fourth-order valence-electron chi connectivity index (χ4n) is 9.43. The number of carbonyl (C=O) groups excluding carboxylic acids is 4. The third kappa shape index (κ3) is 9.33. The number of rotatable bonds is 11. The minimum Gasteiger partial charge on any atom is -0.458 e. The molecule has 3 saturated heterocycles. The van der Waals surface area contributed by atoms with Gasteiger partial charge in [-0.3, -0.25) is 19.4 Å². The van der Waals surface area contributed by atoms with Gasteiger partial charge in [0.2, 0.25) is 0 Å². The van der Waals surface area contributed by atoms with Gasteiger partial charge >= 0.3 is 12.1 Å². The van der Waals surface area contributed by atoms with Crippen LogP contribution in [0.3, 0.4) is 0 Å². The Bertz CT molecular complexity index is 1740. The van der Waals surface area contributed by atoms with E-state index < -0.39 is 83.4 Å². The minimum absolute atomic E-state index is 0.130. The summed E-state index contributed by atoms with van der Waals surface area (Å²) in [5, 5.41) is 11.4. The van der Waals surface area contributed by atoms with Gasteiger partial charge in [0.25, 0.3) is 0 Å². The number of carbonyl (C=O) groups is 4. The number of hydrogen-bond donors (Lipinski definition) is 1. The Balaban J connectivity index is 1.43. The van der Waals surface area contributed by atoms with Gasteiger partial charge in [-0.2, -0.15) is 0 Å². The Kier molecular flexibility index (Phi) is 14.6. The first-order valence-electron chi connectivity index (χ1n) is 20.8. The highest BCUT2D eigenvalue weighted by molar-refractivity contribution is 6.00. The van der Waals surface area contributed by atoms with Crippen LogP contribution in [-0.2, 0) is 44.6 Å². The van der Waals surface area contributed by atoms with Crippen molar-refractivity contribution in [1.82, 2.24) is 24.3 Å². The molecule has 15 heteroatoms. The fourth-order valence-corrected chi connectivity index (χ4v) is 9.43. The Morgan fingerprint density at radius 1 is 1.02 bits per heavy atom. The number of ketones is 2. The molecule has 0 aliphatic carbocycles. The molecule has 0 bridgehead atoms. The first kappa shape index (κ1) is 45.3. The number of nitrogens with zero attached hydrogens (tertiary/aromatic N) is 5. The van der Waals surface area contributed by atoms with Crippen molar-refractivity contribution in [2.24, 2.45) is 23.7 Å². The molecule has 15 nitrogen and oxygen atoms in total. The van der Waals surface area contributed by atoms with Crippen LogP contribution in [0.1, 0.15) is 87.5 Å². The molecule has 0 aromatic carbocycles. The van der Waals surface area contributed by atoms with E-state index in [2.05, 4.69) is 9.97 Å². The Morgan fingerprint density at radius 3 is 2.36 bits per heavy atom. The summed E-state index contributed by atoms with van der Waals surface area (Å²) >= 11 is 0. The van der Waals surface area contributed by atoms with Crippen LogP contribution in [0.5, 0.6) is 0 Å². The topological polar surface area (TPSA) is 172 Å². The number of hydrogen-bond acceptors (Lipinski definition) is 13. The average Bonchev–Trinajstić information content (AvgIpc) is 3.78. The van der Waals surface area contributed by atoms with E-state index in [0.29, 0.717) is 32.4 Å². The van der Waals surface area contributed by atoms with Crippen LogP contribution in [0, 0.1) is 23.7 Å². The van der Waals surface area contributed by atoms with Crippen molar-refractivity contribution in [1.29, 1.82) is 0 Å². The van der Waals surface area contributed by atoms with Gasteiger partial charge in [0.1, 0.15) is 23.9 Å². The van der Waals surface area contributed by atoms with Gasteiger partial charge in [-0.25, -0.2) is 9.78 Å². The van der Waals surface area contributed by atoms with Crippen LogP contribution in [0.15, 0.2) is 37.1 Å². The number of cyclic esters (lactones) is 1. The van der Waals surface area contributed by atoms with E-state index in [1.165, 1.54) is 14.0 Å². The highest BCUT2D eigenvalue weighted by Gasteiger charge is 2.60. The average molecular weight is 812 g/mol. The molecule has 5 rings (SSSR count). The van der Waals surface area contributed by atoms with Gasteiger partial charge < -0.3 is 43.2 Å².